The zero-order chi connectivity index (χ0) is 27.4. The van der Waals surface area contributed by atoms with Gasteiger partial charge in [0.1, 0.15) is 31.8 Å². The van der Waals surface area contributed by atoms with E-state index in [2.05, 4.69) is 25.4 Å². The Morgan fingerprint density at radius 1 is 1.16 bits per heavy atom. The van der Waals surface area contributed by atoms with Crippen LogP contribution in [-0.2, 0) is 7.05 Å². The summed E-state index contributed by atoms with van der Waals surface area (Å²) < 4.78 is 23.5. The molecule has 3 aromatic heterocycles. The van der Waals surface area contributed by atoms with Crippen molar-refractivity contribution in [2.75, 3.05) is 26.0 Å². The predicted octanol–water partition coefficient (Wildman–Crippen LogP) is 4.61. The van der Waals surface area contributed by atoms with E-state index in [9.17, 15) is 0 Å². The van der Waals surface area contributed by atoms with E-state index in [1.807, 2.05) is 59.1 Å². The van der Waals surface area contributed by atoms with Gasteiger partial charge in [0.05, 0.1) is 28.3 Å². The van der Waals surface area contributed by atoms with Crippen LogP contribution in [0, 0.1) is 5.82 Å². The summed E-state index contributed by atoms with van der Waals surface area (Å²) in [5.41, 5.74) is 3.37. The van der Waals surface area contributed by atoms with Crippen LogP contribution in [0.4, 0.5) is 15.9 Å². The summed E-state index contributed by atoms with van der Waals surface area (Å²) in [6, 6.07) is 8.66. The fourth-order valence-corrected chi connectivity index (χ4v) is 4.33. The average Bonchev–Trinajstić information content (AvgIpc) is 3.34. The Morgan fingerprint density at radius 2 is 1.95 bits per heavy atom. The third kappa shape index (κ3) is 5.45. The van der Waals surface area contributed by atoms with Crippen molar-refractivity contribution in [1.82, 2.24) is 29.6 Å². The molecule has 38 heavy (non-hydrogen) atoms. The third-order valence-electron chi connectivity index (χ3n) is 5.85. The maximum Gasteiger partial charge on any atom is 0.156 e. The molecule has 10 heteroatoms. The number of halogens is 1. The van der Waals surface area contributed by atoms with E-state index in [1.165, 1.54) is 6.33 Å². The highest BCUT2D eigenvalue weighted by Crippen LogP contribution is 2.36. The minimum absolute atomic E-state index is 0.148. The van der Waals surface area contributed by atoms with Gasteiger partial charge in [0.25, 0.3) is 0 Å². The molecule has 0 amide bonds. The Balaban J connectivity index is 0.00000164. The number of nitrogens with one attached hydrogen (secondary N) is 1. The molecule has 1 unspecified atom stereocenters. The molecule has 5 aromatic rings. The Morgan fingerprint density at radius 3 is 2.66 bits per heavy atom. The predicted molar refractivity (Wildman–Crippen MR) is 152 cm³/mol. The number of likely N-dealkylation sites (N-methyl/N-ethyl adjacent to an activating group) is 1. The molecule has 0 saturated heterocycles. The Hall–Kier alpha value is -4.05. The van der Waals surface area contributed by atoms with E-state index in [4.69, 9.17) is 12.6 Å². The molecule has 3 heterocycles. The van der Waals surface area contributed by atoms with Crippen LogP contribution in [0.3, 0.4) is 0 Å². The summed E-state index contributed by atoms with van der Waals surface area (Å²) >= 11 is 0. The molecule has 0 saturated carbocycles. The largest absolute Gasteiger partial charge is 0.489 e. The van der Waals surface area contributed by atoms with Gasteiger partial charge in [-0.1, -0.05) is 19.3 Å². The van der Waals surface area contributed by atoms with Gasteiger partial charge >= 0.3 is 0 Å². The molecule has 0 bridgehead atoms. The number of aromatic nitrogens is 5. The van der Waals surface area contributed by atoms with E-state index < -0.39 is 5.82 Å². The lowest BCUT2D eigenvalue weighted by atomic mass is 9.85. The van der Waals surface area contributed by atoms with Crippen molar-refractivity contribution in [3.05, 3.63) is 61.1 Å². The van der Waals surface area contributed by atoms with Crippen molar-refractivity contribution in [2.24, 2.45) is 7.05 Å². The monoisotopic (exact) mass is 511 g/mol. The zero-order valence-electron chi connectivity index (χ0n) is 22.5. The number of rotatable bonds is 7. The summed E-state index contributed by atoms with van der Waals surface area (Å²) in [5, 5.41) is 8.39. The molecule has 0 aliphatic carbocycles. The molecule has 0 aliphatic rings. The molecule has 0 fully saturated rings. The van der Waals surface area contributed by atoms with Gasteiger partial charge < -0.3 is 15.0 Å². The van der Waals surface area contributed by atoms with E-state index in [-0.39, 0.29) is 11.8 Å². The van der Waals surface area contributed by atoms with Crippen molar-refractivity contribution in [3.8, 4) is 16.9 Å². The smallest absolute Gasteiger partial charge is 0.156 e. The van der Waals surface area contributed by atoms with Crippen LogP contribution in [0.5, 0.6) is 5.75 Å². The molecule has 1 atom stereocenters. The standard InChI is InChI=1S/C26H25BFN7O.C2H6/c1-15(12-34(2)3)36-21-10-18(16-11-32-35(4)13-16)23(27)25-22(21)26(31-14-30-25)33-20-8-7-19-17(24(20)28)6-5-9-29-19;1-2/h5-11,13-15H,12H2,1-4H3,(H,30,31,33);1-2H3. The van der Waals surface area contributed by atoms with Crippen LogP contribution >= 0.6 is 0 Å². The van der Waals surface area contributed by atoms with Crippen molar-refractivity contribution in [1.29, 1.82) is 0 Å². The molecule has 0 aliphatic heterocycles. The molecule has 0 spiro atoms. The Kier molecular flexibility index (Phi) is 8.21. The molecule has 8 nitrogen and oxygen atoms in total. The Bertz CT molecular complexity index is 1570. The van der Waals surface area contributed by atoms with E-state index >= 15 is 4.39 Å². The van der Waals surface area contributed by atoms with E-state index in [1.54, 1.807) is 41.3 Å². The first-order chi connectivity index (χ1) is 18.3. The number of ether oxygens (including phenoxy) is 1. The minimum Gasteiger partial charge on any atom is -0.489 e. The SMILES string of the molecule is CC.[B]c1c(-c2cnn(C)c2)cc(OC(C)CN(C)C)c2c(Nc3ccc4ncccc4c3F)ncnc12. The fourth-order valence-electron chi connectivity index (χ4n) is 4.33. The first kappa shape index (κ1) is 27.0. The summed E-state index contributed by atoms with van der Waals surface area (Å²) in [6.45, 7) is 6.68. The number of aryl methyl sites for hydroxylation is 1. The number of nitrogens with zero attached hydrogens (tertiary/aromatic N) is 6. The summed E-state index contributed by atoms with van der Waals surface area (Å²) in [5.74, 6) is 0.507. The van der Waals surface area contributed by atoms with Gasteiger partial charge in [-0.3, -0.25) is 9.67 Å². The highest BCUT2D eigenvalue weighted by atomic mass is 19.1. The van der Waals surface area contributed by atoms with Crippen molar-refractivity contribution in [2.45, 2.75) is 26.9 Å². The number of benzene rings is 2. The number of pyridine rings is 1. The van der Waals surface area contributed by atoms with Gasteiger partial charge in [0, 0.05) is 36.9 Å². The second-order valence-electron chi connectivity index (χ2n) is 9.00. The summed E-state index contributed by atoms with van der Waals surface area (Å²) in [7, 11) is 12.4. The van der Waals surface area contributed by atoms with Crippen LogP contribution < -0.4 is 15.5 Å². The number of anilines is 2. The molecule has 194 valence electrons. The molecule has 2 radical (unpaired) electrons. The van der Waals surface area contributed by atoms with Gasteiger partial charge in [0.15, 0.2) is 5.82 Å². The Labute approximate surface area is 223 Å². The zero-order valence-corrected chi connectivity index (χ0v) is 22.5. The number of hydrogen-bond acceptors (Lipinski definition) is 7. The topological polar surface area (TPSA) is 81.0 Å². The van der Waals surface area contributed by atoms with Crippen LogP contribution in [-0.4, -0.2) is 64.2 Å². The quantitative estimate of drug-likeness (QED) is 0.320. The first-order valence-corrected chi connectivity index (χ1v) is 12.5. The second kappa shape index (κ2) is 11.6. The van der Waals surface area contributed by atoms with Crippen LogP contribution in [0.1, 0.15) is 20.8 Å². The normalized spacial score (nSPS) is 11.9. The highest BCUT2D eigenvalue weighted by molar-refractivity contribution is 6.42. The van der Waals surface area contributed by atoms with Gasteiger partial charge in [-0.05, 0) is 56.9 Å². The second-order valence-corrected chi connectivity index (χ2v) is 9.00. The van der Waals surface area contributed by atoms with Crippen LogP contribution in [0.15, 0.2) is 55.2 Å². The van der Waals surface area contributed by atoms with Gasteiger partial charge in [-0.15, -0.1) is 0 Å². The molecule has 1 N–H and O–H groups in total. The van der Waals surface area contributed by atoms with Crippen molar-refractivity contribution >= 4 is 46.6 Å². The lowest BCUT2D eigenvalue weighted by Crippen LogP contribution is -2.28. The lowest BCUT2D eigenvalue weighted by molar-refractivity contribution is 0.179. The highest BCUT2D eigenvalue weighted by Gasteiger charge is 2.20. The molecular weight excluding hydrogens is 480 g/mol. The van der Waals surface area contributed by atoms with Crippen molar-refractivity contribution in [3.63, 3.8) is 0 Å². The van der Waals surface area contributed by atoms with Crippen LogP contribution in [0.25, 0.3) is 32.9 Å². The van der Waals surface area contributed by atoms with E-state index in [0.29, 0.717) is 45.4 Å². The third-order valence-corrected chi connectivity index (χ3v) is 5.85. The number of hydrogen-bond donors (Lipinski definition) is 1. The maximum absolute atomic E-state index is 15.4. The van der Waals surface area contributed by atoms with Gasteiger partial charge in [-0.2, -0.15) is 5.10 Å². The summed E-state index contributed by atoms with van der Waals surface area (Å²) in [4.78, 5) is 15.2. The van der Waals surface area contributed by atoms with Crippen LogP contribution in [0.2, 0.25) is 0 Å². The lowest BCUT2D eigenvalue weighted by Gasteiger charge is -2.22. The first-order valence-electron chi connectivity index (χ1n) is 12.5. The molecule has 2 aromatic carbocycles. The van der Waals surface area contributed by atoms with Gasteiger partial charge in [-0.25, -0.2) is 14.4 Å². The van der Waals surface area contributed by atoms with Crippen molar-refractivity contribution < 1.29 is 9.13 Å². The van der Waals surface area contributed by atoms with E-state index in [0.717, 1.165) is 11.1 Å². The average molecular weight is 511 g/mol. The molecule has 5 rings (SSSR count). The summed E-state index contributed by atoms with van der Waals surface area (Å²) in [6.07, 6.45) is 6.51. The maximum atomic E-state index is 15.4. The fraction of sp³-hybridized carbons (Fsp3) is 0.286. The minimum atomic E-state index is -0.421. The number of fused-ring (bicyclic) bond motifs is 2. The van der Waals surface area contributed by atoms with Gasteiger partial charge in [0.2, 0.25) is 0 Å². The molecular formula is C28H31BFN7O.